The third-order valence-electron chi connectivity index (χ3n) is 7.17. The lowest BCUT2D eigenvalue weighted by Gasteiger charge is -2.29. The van der Waals surface area contributed by atoms with Crippen molar-refractivity contribution >= 4 is 11.0 Å². The van der Waals surface area contributed by atoms with Crippen molar-refractivity contribution in [3.8, 4) is 11.5 Å². The first-order chi connectivity index (χ1) is 14.6. The Bertz CT molecular complexity index is 1210. The maximum atomic E-state index is 13.3. The van der Waals surface area contributed by atoms with Crippen molar-refractivity contribution < 1.29 is 19.0 Å². The Kier molecular flexibility index (Phi) is 3.68. The van der Waals surface area contributed by atoms with Gasteiger partial charge in [0.1, 0.15) is 13.1 Å². The molecule has 0 spiro atoms. The fraction of sp³-hybridized carbons (Fsp3) is 0.435. The van der Waals surface area contributed by atoms with Crippen LogP contribution < -0.4 is 15.2 Å². The van der Waals surface area contributed by atoms with Crippen LogP contribution in [-0.4, -0.2) is 33.7 Å². The molecule has 30 heavy (non-hydrogen) atoms. The van der Waals surface area contributed by atoms with Crippen molar-refractivity contribution in [2.24, 2.45) is 0 Å². The van der Waals surface area contributed by atoms with Crippen LogP contribution >= 0.6 is 0 Å². The van der Waals surface area contributed by atoms with Gasteiger partial charge in [-0.3, -0.25) is 9.13 Å². The van der Waals surface area contributed by atoms with Gasteiger partial charge >= 0.3 is 11.4 Å². The summed E-state index contributed by atoms with van der Waals surface area (Å²) >= 11 is 0. The molecule has 4 heterocycles. The molecule has 2 aromatic carbocycles. The number of piperidine rings is 1. The Hall–Kier alpha value is -2.77. The van der Waals surface area contributed by atoms with Crippen molar-refractivity contribution in [1.82, 2.24) is 9.13 Å². The summed E-state index contributed by atoms with van der Waals surface area (Å²) in [5.74, 6) is 1.55. The van der Waals surface area contributed by atoms with E-state index < -0.39 is 5.72 Å². The number of para-hydroxylation sites is 2. The summed E-state index contributed by atoms with van der Waals surface area (Å²) in [6.45, 7) is 6.90. The minimum absolute atomic E-state index is 0.0710. The largest absolute Gasteiger partial charge is 0.454 e. The van der Waals surface area contributed by atoms with Crippen molar-refractivity contribution in [3.05, 3.63) is 58.5 Å². The van der Waals surface area contributed by atoms with Gasteiger partial charge in [0.15, 0.2) is 11.5 Å². The molecule has 3 aromatic rings. The number of hydrogen-bond acceptors (Lipinski definition) is 4. The van der Waals surface area contributed by atoms with Gasteiger partial charge in [0.05, 0.1) is 29.1 Å². The summed E-state index contributed by atoms with van der Waals surface area (Å²) in [5, 5.41) is 0. The normalized spacial score (nSPS) is 29.2. The highest BCUT2D eigenvalue weighted by molar-refractivity contribution is 5.76. The van der Waals surface area contributed by atoms with Gasteiger partial charge in [-0.05, 0) is 44.2 Å². The lowest BCUT2D eigenvalue weighted by molar-refractivity contribution is -0.934. The molecule has 3 unspecified atom stereocenters. The lowest BCUT2D eigenvalue weighted by atomic mass is 9.90. The van der Waals surface area contributed by atoms with Gasteiger partial charge in [-0.2, -0.15) is 0 Å². The molecule has 0 aliphatic carbocycles. The molecule has 0 N–H and O–H groups in total. The third-order valence-corrected chi connectivity index (χ3v) is 7.17. The van der Waals surface area contributed by atoms with Crippen LogP contribution in [0.4, 0.5) is 0 Å². The Morgan fingerprint density at radius 1 is 1.10 bits per heavy atom. The zero-order chi connectivity index (χ0) is 20.5. The molecule has 7 nitrogen and oxygen atoms in total. The molecule has 0 amide bonds. The number of hydroxylamine groups is 3. The van der Waals surface area contributed by atoms with E-state index in [1.54, 1.807) is 0 Å². The molecular formula is C23H26N3O4+. The maximum absolute atomic E-state index is 13.3. The predicted octanol–water partition coefficient (Wildman–Crippen LogP) is 3.52. The second-order valence-electron chi connectivity index (χ2n) is 8.41. The van der Waals surface area contributed by atoms with Crippen LogP contribution in [-0.2, 0) is 17.1 Å². The molecule has 1 aromatic heterocycles. The number of nitrogens with zero attached hydrogens (tertiary/aromatic N) is 3. The van der Waals surface area contributed by atoms with Crippen LogP contribution in [0.25, 0.3) is 11.0 Å². The van der Waals surface area contributed by atoms with Gasteiger partial charge < -0.3 is 9.47 Å². The van der Waals surface area contributed by atoms with Gasteiger partial charge in [0.25, 0.3) is 0 Å². The van der Waals surface area contributed by atoms with Crippen LogP contribution in [0.2, 0.25) is 0 Å². The lowest BCUT2D eigenvalue weighted by Crippen LogP contribution is -2.43. The Labute approximate surface area is 174 Å². The van der Waals surface area contributed by atoms with E-state index in [-0.39, 0.29) is 18.5 Å². The quantitative estimate of drug-likeness (QED) is 0.490. The molecule has 7 heteroatoms. The Balaban J connectivity index is 1.45. The van der Waals surface area contributed by atoms with Crippen LogP contribution in [0.15, 0.2) is 47.3 Å². The van der Waals surface area contributed by atoms with Crippen LogP contribution in [0.3, 0.4) is 0 Å². The molecule has 0 saturated carbocycles. The number of rotatable bonds is 4. The summed E-state index contributed by atoms with van der Waals surface area (Å²) < 4.78 is 15.6. The van der Waals surface area contributed by atoms with E-state index in [4.69, 9.17) is 14.3 Å². The van der Waals surface area contributed by atoms with Gasteiger partial charge in [0.2, 0.25) is 6.79 Å². The van der Waals surface area contributed by atoms with E-state index in [2.05, 4.69) is 25.1 Å². The van der Waals surface area contributed by atoms with Crippen molar-refractivity contribution in [2.75, 3.05) is 19.9 Å². The zero-order valence-electron chi connectivity index (χ0n) is 17.3. The van der Waals surface area contributed by atoms with E-state index in [1.165, 1.54) is 0 Å². The second-order valence-corrected chi connectivity index (χ2v) is 8.41. The van der Waals surface area contributed by atoms with E-state index >= 15 is 0 Å². The average Bonchev–Trinajstić information content (AvgIpc) is 3.07. The number of benzene rings is 2. The van der Waals surface area contributed by atoms with Crippen LogP contribution in [0.5, 0.6) is 11.5 Å². The second kappa shape index (κ2) is 6.12. The number of quaternary nitrogens is 1. The first kappa shape index (κ1) is 18.0. The topological polar surface area (TPSA) is 57.9 Å². The fourth-order valence-electron chi connectivity index (χ4n) is 5.61. The first-order valence-corrected chi connectivity index (χ1v) is 10.8. The molecule has 3 aliphatic heterocycles. The summed E-state index contributed by atoms with van der Waals surface area (Å²) in [6.07, 6.45) is 1.68. The molecular weight excluding hydrogens is 382 g/mol. The smallest absolute Gasteiger partial charge is 0.329 e. The molecule has 3 atom stereocenters. The standard InChI is InChI=1S/C23H26N3O4/c1-3-24-18-7-5-6-8-19(18)25(22(24)27)17-11-12-26(4-2)23(14-17,30-26)16-9-10-20-21(13-16)29-15-28-20/h5-10,13,17H,3-4,11-12,14-15H2,1-2H3/q+1. The van der Waals surface area contributed by atoms with Crippen molar-refractivity contribution in [3.63, 3.8) is 0 Å². The van der Waals surface area contributed by atoms with Gasteiger partial charge in [-0.1, -0.05) is 12.1 Å². The van der Waals surface area contributed by atoms with Gasteiger partial charge in [-0.15, -0.1) is 9.48 Å². The maximum Gasteiger partial charge on any atom is 0.329 e. The van der Waals surface area contributed by atoms with E-state index in [0.717, 1.165) is 54.0 Å². The van der Waals surface area contributed by atoms with Crippen LogP contribution in [0.1, 0.15) is 38.3 Å². The minimum Gasteiger partial charge on any atom is -0.454 e. The summed E-state index contributed by atoms with van der Waals surface area (Å²) in [5.41, 5.74) is 2.74. The van der Waals surface area contributed by atoms with Crippen molar-refractivity contribution in [2.45, 2.75) is 45.0 Å². The number of hydrogen-bond donors (Lipinski definition) is 0. The molecule has 2 fully saturated rings. The molecule has 3 aliphatic rings. The molecule has 0 bridgehead atoms. The van der Waals surface area contributed by atoms with Gasteiger partial charge in [0, 0.05) is 13.0 Å². The average molecular weight is 408 g/mol. The summed E-state index contributed by atoms with van der Waals surface area (Å²) in [7, 11) is 0. The number of ether oxygens (including phenoxy) is 2. The third kappa shape index (κ3) is 2.19. The van der Waals surface area contributed by atoms with E-state index in [0.29, 0.717) is 11.2 Å². The first-order valence-electron chi connectivity index (χ1n) is 10.8. The van der Waals surface area contributed by atoms with E-state index in [1.807, 2.05) is 40.3 Å². The van der Waals surface area contributed by atoms with Crippen LogP contribution in [0, 0.1) is 0 Å². The molecule has 156 valence electrons. The number of aryl methyl sites for hydroxylation is 1. The fourth-order valence-corrected chi connectivity index (χ4v) is 5.61. The molecule has 6 rings (SSSR count). The number of fused-ring (bicyclic) bond motifs is 3. The molecule has 2 saturated heterocycles. The highest BCUT2D eigenvalue weighted by Gasteiger charge is 2.76. The zero-order valence-corrected chi connectivity index (χ0v) is 17.3. The number of imidazole rings is 1. The summed E-state index contributed by atoms with van der Waals surface area (Å²) in [4.78, 5) is 19.8. The van der Waals surface area contributed by atoms with E-state index in [9.17, 15) is 4.79 Å². The highest BCUT2D eigenvalue weighted by Crippen LogP contribution is 2.61. The molecule has 0 radical (unpaired) electrons. The monoisotopic (exact) mass is 408 g/mol. The van der Waals surface area contributed by atoms with Crippen molar-refractivity contribution in [1.29, 1.82) is 0 Å². The SMILES string of the molecule is CCn1c(=O)n(C2CC[N+]3(CC)OC3(c3ccc4c(c3)OCO4)C2)c2ccccc21. The predicted molar refractivity (Wildman–Crippen MR) is 111 cm³/mol. The minimum atomic E-state index is -0.437. The highest BCUT2D eigenvalue weighted by atomic mass is 16.9. The summed E-state index contributed by atoms with van der Waals surface area (Å²) in [6, 6.07) is 14.3. The van der Waals surface area contributed by atoms with Gasteiger partial charge in [-0.25, -0.2) is 4.79 Å². The number of aromatic nitrogens is 2. The Morgan fingerprint density at radius 2 is 1.90 bits per heavy atom. The Morgan fingerprint density at radius 3 is 2.70 bits per heavy atom.